The molecule has 0 aromatic carbocycles. The lowest BCUT2D eigenvalue weighted by Gasteiger charge is -2.31. The van der Waals surface area contributed by atoms with E-state index in [9.17, 15) is 36.1 Å². The molecule has 2 aliphatic rings. The molecule has 2 rings (SSSR count). The van der Waals surface area contributed by atoms with Gasteiger partial charge in [0.25, 0.3) is 0 Å². The fourth-order valence-corrected chi connectivity index (χ4v) is 7.14. The van der Waals surface area contributed by atoms with Crippen LogP contribution in [-0.2, 0) is 29.7 Å². The Morgan fingerprint density at radius 2 is 1.68 bits per heavy atom. The molecule has 37 heavy (non-hydrogen) atoms. The van der Waals surface area contributed by atoms with E-state index in [1.165, 1.54) is 0 Å². The molecule has 11 nitrogen and oxygen atoms in total. The second-order valence-electron chi connectivity index (χ2n) is 10.5. The Bertz CT molecular complexity index is 936. The molecular weight excluding hydrogens is 522 g/mol. The van der Waals surface area contributed by atoms with Crippen LogP contribution in [0.25, 0.3) is 0 Å². The summed E-state index contributed by atoms with van der Waals surface area (Å²) in [6.45, 7) is 2.47. The fraction of sp³-hybridized carbons (Fsp3) is 0.917. The van der Waals surface area contributed by atoms with Gasteiger partial charge >= 0.3 is 0 Å². The summed E-state index contributed by atoms with van der Waals surface area (Å²) in [5, 5.41) is 15.2. The van der Waals surface area contributed by atoms with Gasteiger partial charge in [-0.05, 0) is 31.6 Å². The molecule has 0 spiro atoms. The number of hydrogen-bond acceptors (Lipinski definition) is 8. The number of aliphatic hydroxyl groups is 1. The minimum atomic E-state index is -5.20. The molecule has 13 heteroatoms. The quantitative estimate of drug-likeness (QED) is 0.151. The van der Waals surface area contributed by atoms with Crippen LogP contribution in [0.1, 0.15) is 96.8 Å². The van der Waals surface area contributed by atoms with E-state index in [0.717, 1.165) is 64.2 Å². The molecule has 4 N–H and O–H groups in total. The number of amides is 2. The highest BCUT2D eigenvalue weighted by molar-refractivity contribution is 7.89. The van der Waals surface area contributed by atoms with Gasteiger partial charge < -0.3 is 20.3 Å². The Balaban J connectivity index is 2.12. The Kier molecular flexibility index (Phi) is 13.2. The number of hydrogen-bond donors (Lipinski definition) is 4. The van der Waals surface area contributed by atoms with Crippen LogP contribution in [0, 0.1) is 11.8 Å². The third-order valence-electron chi connectivity index (χ3n) is 7.37. The number of sulfonamides is 1. The van der Waals surface area contributed by atoms with Gasteiger partial charge in [-0.2, -0.15) is 0 Å². The average Bonchev–Trinajstić information content (AvgIpc) is 3.24. The molecule has 216 valence electrons. The summed E-state index contributed by atoms with van der Waals surface area (Å²) >= 11 is 0. The van der Waals surface area contributed by atoms with Crippen LogP contribution < -0.4 is 15.4 Å². The molecule has 1 aliphatic carbocycles. The number of nitrogens with one attached hydrogen (secondary N) is 3. The van der Waals surface area contributed by atoms with Gasteiger partial charge in [0.1, 0.15) is 16.2 Å². The highest BCUT2D eigenvalue weighted by Gasteiger charge is 2.36. The zero-order valence-corrected chi connectivity index (χ0v) is 23.5. The predicted molar refractivity (Wildman–Crippen MR) is 139 cm³/mol. The number of aliphatic hydroxyl groups excluding tert-OH is 1. The van der Waals surface area contributed by atoms with Crippen LogP contribution in [0.3, 0.4) is 0 Å². The largest absolute Gasteiger partial charge is 0.746 e. The van der Waals surface area contributed by atoms with Crippen LogP contribution in [0.4, 0.5) is 0 Å². The van der Waals surface area contributed by atoms with Crippen LogP contribution in [0.2, 0.25) is 0 Å². The third kappa shape index (κ3) is 11.6. The van der Waals surface area contributed by atoms with E-state index in [2.05, 4.69) is 22.3 Å². The predicted octanol–water partition coefficient (Wildman–Crippen LogP) is 1.48. The summed E-state index contributed by atoms with van der Waals surface area (Å²) < 4.78 is 62.9. The lowest BCUT2D eigenvalue weighted by molar-refractivity contribution is -0.126. The summed E-state index contributed by atoms with van der Waals surface area (Å²) in [6, 6.07) is -2.71. The average molecular weight is 567 g/mol. The SMILES string of the molecule is CCCCCCCCS(=O)(=O)N[C@@H](CC1CCCCC1)C(=O)N[C@@H](C[C@@H]1CCNC1=O)C(O)S(=O)(=O)[O-]. The lowest BCUT2D eigenvalue weighted by atomic mass is 9.85. The summed E-state index contributed by atoms with van der Waals surface area (Å²) in [5.41, 5.74) is -2.46. The molecule has 0 bridgehead atoms. The molecule has 2 fully saturated rings. The molecule has 1 heterocycles. The van der Waals surface area contributed by atoms with Gasteiger partial charge in [0.05, 0.1) is 11.8 Å². The van der Waals surface area contributed by atoms with Gasteiger partial charge in [0.15, 0.2) is 5.44 Å². The van der Waals surface area contributed by atoms with E-state index in [1.807, 2.05) is 0 Å². The molecule has 1 saturated carbocycles. The molecule has 4 atom stereocenters. The summed E-state index contributed by atoms with van der Waals surface area (Å²) in [4.78, 5) is 25.3. The minimum absolute atomic E-state index is 0.119. The van der Waals surface area contributed by atoms with Gasteiger partial charge in [-0.25, -0.2) is 21.6 Å². The van der Waals surface area contributed by atoms with Crippen molar-refractivity contribution >= 4 is 32.0 Å². The van der Waals surface area contributed by atoms with Crippen LogP contribution >= 0.6 is 0 Å². The van der Waals surface area contributed by atoms with Crippen molar-refractivity contribution in [1.29, 1.82) is 0 Å². The van der Waals surface area contributed by atoms with Crippen LogP contribution in [-0.4, -0.2) is 68.1 Å². The number of unbranched alkanes of at least 4 members (excludes halogenated alkanes) is 5. The second kappa shape index (κ2) is 15.3. The molecule has 2 amide bonds. The first kappa shape index (κ1) is 31.9. The number of carbonyl (C=O) groups excluding carboxylic acids is 2. The molecule has 1 saturated heterocycles. The van der Waals surface area contributed by atoms with Gasteiger partial charge in [0.2, 0.25) is 21.8 Å². The van der Waals surface area contributed by atoms with E-state index in [1.54, 1.807) is 0 Å². The molecule has 0 aromatic rings. The summed E-state index contributed by atoms with van der Waals surface area (Å²) in [6.07, 6.45) is 10.5. The molecule has 1 aliphatic heterocycles. The van der Waals surface area contributed by atoms with E-state index in [-0.39, 0.29) is 30.4 Å². The smallest absolute Gasteiger partial charge is 0.238 e. The zero-order valence-electron chi connectivity index (χ0n) is 21.8. The molecular formula is C24H44N3O8S2-. The monoisotopic (exact) mass is 566 g/mol. The zero-order chi connectivity index (χ0) is 27.5. The highest BCUT2D eigenvalue weighted by Crippen LogP contribution is 2.28. The number of rotatable bonds is 17. The summed E-state index contributed by atoms with van der Waals surface area (Å²) in [7, 11) is -9.00. The maximum Gasteiger partial charge on any atom is 0.238 e. The van der Waals surface area contributed by atoms with Crippen LogP contribution in [0.5, 0.6) is 0 Å². The Hall–Kier alpha value is -1.28. The molecule has 0 aromatic heterocycles. The first-order chi connectivity index (χ1) is 17.4. The third-order valence-corrected chi connectivity index (χ3v) is 9.76. The van der Waals surface area contributed by atoms with E-state index in [4.69, 9.17) is 0 Å². The number of carbonyl (C=O) groups is 2. The first-order valence-corrected chi connectivity index (χ1v) is 16.8. The molecule has 1 unspecified atom stereocenters. The van der Waals surface area contributed by atoms with Gasteiger partial charge in [-0.15, -0.1) is 0 Å². The van der Waals surface area contributed by atoms with Crippen LogP contribution in [0.15, 0.2) is 0 Å². The lowest BCUT2D eigenvalue weighted by Crippen LogP contribution is -2.55. The maximum absolute atomic E-state index is 13.3. The van der Waals surface area contributed by atoms with Gasteiger partial charge in [0, 0.05) is 12.5 Å². The topological polar surface area (TPSA) is 182 Å². The van der Waals surface area contributed by atoms with Crippen molar-refractivity contribution in [3.05, 3.63) is 0 Å². The van der Waals surface area contributed by atoms with Crippen molar-refractivity contribution in [3.8, 4) is 0 Å². The Morgan fingerprint density at radius 1 is 1.03 bits per heavy atom. The van der Waals surface area contributed by atoms with Crippen molar-refractivity contribution in [2.24, 2.45) is 11.8 Å². The maximum atomic E-state index is 13.3. The van der Waals surface area contributed by atoms with E-state index >= 15 is 0 Å². The second-order valence-corrected chi connectivity index (χ2v) is 13.8. The highest BCUT2D eigenvalue weighted by atomic mass is 32.2. The normalized spacial score (nSPS) is 21.8. The molecule has 0 radical (unpaired) electrons. The van der Waals surface area contributed by atoms with Crippen molar-refractivity contribution in [2.45, 2.75) is 114 Å². The summed E-state index contributed by atoms with van der Waals surface area (Å²) in [5.74, 6) is -1.84. The standard InChI is InChI=1S/C24H45N3O8S2/c1-2-3-4-5-6-10-15-36(31,32)27-20(16-18-11-8-7-9-12-18)23(29)26-21(24(30)37(33,34)35)17-19-13-14-25-22(19)28/h18-21,24,27,30H,2-17H2,1H3,(H,25,28)(H,26,29)(H,33,34,35)/p-1/t19-,20-,21-,24?/m0/s1. The minimum Gasteiger partial charge on any atom is -0.746 e. The van der Waals surface area contributed by atoms with Crippen molar-refractivity contribution < 1.29 is 36.1 Å². The van der Waals surface area contributed by atoms with Crippen molar-refractivity contribution in [2.75, 3.05) is 12.3 Å². The van der Waals surface area contributed by atoms with Crippen molar-refractivity contribution in [1.82, 2.24) is 15.4 Å². The first-order valence-electron chi connectivity index (χ1n) is 13.6. The van der Waals surface area contributed by atoms with Gasteiger partial charge in [-0.3, -0.25) is 9.59 Å². The fourth-order valence-electron chi connectivity index (χ4n) is 5.22. The van der Waals surface area contributed by atoms with E-state index in [0.29, 0.717) is 19.4 Å². The Labute approximate surface area is 221 Å². The van der Waals surface area contributed by atoms with Gasteiger partial charge in [-0.1, -0.05) is 71.1 Å². The van der Waals surface area contributed by atoms with E-state index < -0.39 is 49.5 Å². The Morgan fingerprint density at radius 3 is 2.27 bits per heavy atom. The van der Waals surface area contributed by atoms with Crippen molar-refractivity contribution in [3.63, 3.8) is 0 Å².